The zero-order chi connectivity index (χ0) is 17.3. The minimum absolute atomic E-state index is 0.0597. The number of rotatable bonds is 5. The number of sulfonamides is 1. The predicted octanol–water partition coefficient (Wildman–Crippen LogP) is 1.45. The largest absolute Gasteiger partial charge is 0.390 e. The Morgan fingerprint density at radius 1 is 1.21 bits per heavy atom. The highest BCUT2D eigenvalue weighted by Crippen LogP contribution is 2.19. The monoisotopic (exact) mass is 350 g/mol. The van der Waals surface area contributed by atoms with Gasteiger partial charge in [0.25, 0.3) is 0 Å². The predicted molar refractivity (Wildman–Crippen MR) is 85.1 cm³/mol. The Balaban J connectivity index is 1.93. The number of aromatic nitrogens is 3. The van der Waals surface area contributed by atoms with Gasteiger partial charge in [-0.2, -0.15) is 0 Å². The number of hydrogen-bond acceptors (Lipinski definition) is 5. The van der Waals surface area contributed by atoms with Crippen molar-refractivity contribution in [1.29, 1.82) is 0 Å². The van der Waals surface area contributed by atoms with Crippen molar-refractivity contribution in [2.75, 3.05) is 14.1 Å². The second-order valence-corrected chi connectivity index (χ2v) is 7.42. The van der Waals surface area contributed by atoms with Gasteiger partial charge in [-0.05, 0) is 29.5 Å². The molecule has 3 rings (SSSR count). The van der Waals surface area contributed by atoms with Crippen molar-refractivity contribution in [2.24, 2.45) is 0 Å². The zero-order valence-electron chi connectivity index (χ0n) is 13.0. The molecule has 0 aliphatic carbocycles. The van der Waals surface area contributed by atoms with E-state index in [0.717, 1.165) is 9.15 Å². The molecule has 0 unspecified atom stereocenters. The SMILES string of the molecule is CN(C)S(=O)(=O)c1ccc2nnn(OCc3ccccc3F)c2c1. The first kappa shape index (κ1) is 16.3. The van der Waals surface area contributed by atoms with E-state index in [9.17, 15) is 12.8 Å². The first-order valence-corrected chi connectivity index (χ1v) is 8.48. The summed E-state index contributed by atoms with van der Waals surface area (Å²) in [6.45, 7) is -0.0597. The van der Waals surface area contributed by atoms with E-state index in [2.05, 4.69) is 10.3 Å². The van der Waals surface area contributed by atoms with Crippen LogP contribution in [0.2, 0.25) is 0 Å². The quantitative estimate of drug-likeness (QED) is 0.696. The van der Waals surface area contributed by atoms with Crippen molar-refractivity contribution in [1.82, 2.24) is 19.5 Å². The minimum atomic E-state index is -3.59. The molecule has 2 aromatic carbocycles. The molecule has 0 saturated carbocycles. The molecule has 1 aromatic heterocycles. The Bertz CT molecular complexity index is 985. The van der Waals surface area contributed by atoms with Gasteiger partial charge in [0.1, 0.15) is 23.5 Å². The normalized spacial score (nSPS) is 12.0. The lowest BCUT2D eigenvalue weighted by atomic mass is 10.2. The molecule has 0 spiro atoms. The molecule has 24 heavy (non-hydrogen) atoms. The van der Waals surface area contributed by atoms with Crippen LogP contribution in [0.5, 0.6) is 0 Å². The number of fused-ring (bicyclic) bond motifs is 1. The number of halogens is 1. The summed E-state index contributed by atoms with van der Waals surface area (Å²) in [4.78, 5) is 6.64. The lowest BCUT2D eigenvalue weighted by molar-refractivity contribution is 0.0733. The minimum Gasteiger partial charge on any atom is -0.390 e. The molecule has 1 heterocycles. The highest BCUT2D eigenvalue weighted by atomic mass is 32.2. The van der Waals surface area contributed by atoms with E-state index in [1.807, 2.05) is 0 Å². The fourth-order valence-corrected chi connectivity index (χ4v) is 3.01. The molecule has 0 atom stereocenters. The average Bonchev–Trinajstić information content (AvgIpc) is 2.96. The summed E-state index contributed by atoms with van der Waals surface area (Å²) >= 11 is 0. The number of benzene rings is 2. The number of nitrogens with zero attached hydrogens (tertiary/aromatic N) is 4. The summed E-state index contributed by atoms with van der Waals surface area (Å²) in [5.41, 5.74) is 1.22. The van der Waals surface area contributed by atoms with Gasteiger partial charge in [-0.3, -0.25) is 0 Å². The van der Waals surface area contributed by atoms with Crippen LogP contribution in [0.1, 0.15) is 5.56 Å². The molecule has 0 N–H and O–H groups in total. The van der Waals surface area contributed by atoms with Crippen molar-refractivity contribution in [2.45, 2.75) is 11.5 Å². The maximum absolute atomic E-state index is 13.6. The Morgan fingerprint density at radius 3 is 2.67 bits per heavy atom. The first-order valence-electron chi connectivity index (χ1n) is 7.04. The zero-order valence-corrected chi connectivity index (χ0v) is 13.9. The van der Waals surface area contributed by atoms with Crippen molar-refractivity contribution in [3.8, 4) is 0 Å². The van der Waals surface area contributed by atoms with Crippen LogP contribution in [0.15, 0.2) is 47.4 Å². The van der Waals surface area contributed by atoms with Gasteiger partial charge in [-0.25, -0.2) is 17.1 Å². The molecular formula is C15H15FN4O3S. The fourth-order valence-electron chi connectivity index (χ4n) is 2.09. The molecule has 0 aliphatic heterocycles. The topological polar surface area (TPSA) is 77.3 Å². The molecule has 0 bridgehead atoms. The van der Waals surface area contributed by atoms with E-state index in [4.69, 9.17) is 4.84 Å². The van der Waals surface area contributed by atoms with Crippen molar-refractivity contribution in [3.63, 3.8) is 0 Å². The Kier molecular flexibility index (Phi) is 4.20. The van der Waals surface area contributed by atoms with Crippen LogP contribution in [0.3, 0.4) is 0 Å². The Labute approximate surface area is 138 Å². The molecule has 126 valence electrons. The molecule has 0 amide bonds. The first-order chi connectivity index (χ1) is 11.4. The summed E-state index contributed by atoms with van der Waals surface area (Å²) in [5, 5.41) is 7.73. The molecule has 0 saturated heterocycles. The van der Waals surface area contributed by atoms with E-state index in [1.54, 1.807) is 24.3 Å². The average molecular weight is 350 g/mol. The van der Waals surface area contributed by atoms with Gasteiger partial charge in [0, 0.05) is 19.7 Å². The molecular weight excluding hydrogens is 335 g/mol. The molecule has 0 radical (unpaired) electrons. The van der Waals surface area contributed by atoms with Gasteiger partial charge >= 0.3 is 0 Å². The van der Waals surface area contributed by atoms with Gasteiger partial charge in [0.2, 0.25) is 10.0 Å². The van der Waals surface area contributed by atoms with Gasteiger partial charge in [-0.1, -0.05) is 23.0 Å². The lowest BCUT2D eigenvalue weighted by Gasteiger charge is -2.11. The van der Waals surface area contributed by atoms with Gasteiger partial charge < -0.3 is 4.84 Å². The molecule has 7 nitrogen and oxygen atoms in total. The fraction of sp³-hybridized carbons (Fsp3) is 0.200. The van der Waals surface area contributed by atoms with E-state index < -0.39 is 15.8 Å². The van der Waals surface area contributed by atoms with Crippen molar-refractivity contribution < 1.29 is 17.6 Å². The van der Waals surface area contributed by atoms with Crippen LogP contribution in [-0.4, -0.2) is 42.0 Å². The van der Waals surface area contributed by atoms with Crippen LogP contribution >= 0.6 is 0 Å². The second kappa shape index (κ2) is 6.17. The lowest BCUT2D eigenvalue weighted by Crippen LogP contribution is -2.22. The van der Waals surface area contributed by atoms with Crippen LogP contribution in [0, 0.1) is 5.82 Å². The van der Waals surface area contributed by atoms with Gasteiger partial charge in [-0.15, -0.1) is 5.10 Å². The van der Waals surface area contributed by atoms with Crippen LogP contribution in [-0.2, 0) is 16.6 Å². The summed E-state index contributed by atoms with van der Waals surface area (Å²) in [7, 11) is -0.692. The van der Waals surface area contributed by atoms with Crippen molar-refractivity contribution >= 4 is 21.1 Å². The summed E-state index contributed by atoms with van der Waals surface area (Å²) < 4.78 is 39.2. The van der Waals surface area contributed by atoms with Crippen LogP contribution in [0.4, 0.5) is 4.39 Å². The Hall–Kier alpha value is -2.52. The van der Waals surface area contributed by atoms with Crippen LogP contribution in [0.25, 0.3) is 11.0 Å². The van der Waals surface area contributed by atoms with Gasteiger partial charge in [0.05, 0.1) is 4.90 Å². The van der Waals surface area contributed by atoms with E-state index >= 15 is 0 Å². The highest BCUT2D eigenvalue weighted by Gasteiger charge is 2.19. The third-order valence-electron chi connectivity index (χ3n) is 3.47. The standard InChI is InChI=1S/C15H15FN4O3S/c1-19(2)24(21,22)12-7-8-14-15(9-12)20(18-17-14)23-10-11-5-3-4-6-13(11)16/h3-9H,10H2,1-2H3. The third kappa shape index (κ3) is 2.95. The molecule has 0 fully saturated rings. The molecule has 9 heteroatoms. The van der Waals surface area contributed by atoms with Gasteiger partial charge in [0.15, 0.2) is 0 Å². The highest BCUT2D eigenvalue weighted by molar-refractivity contribution is 7.89. The van der Waals surface area contributed by atoms with E-state index in [-0.39, 0.29) is 11.5 Å². The molecule has 3 aromatic rings. The summed E-state index contributed by atoms with van der Waals surface area (Å²) in [5.74, 6) is -0.391. The van der Waals surface area contributed by atoms with E-state index in [0.29, 0.717) is 16.6 Å². The Morgan fingerprint density at radius 2 is 1.96 bits per heavy atom. The maximum Gasteiger partial charge on any atom is 0.242 e. The molecule has 0 aliphatic rings. The maximum atomic E-state index is 13.6. The number of hydrogen-bond donors (Lipinski definition) is 0. The van der Waals surface area contributed by atoms with Crippen LogP contribution < -0.4 is 4.84 Å². The third-order valence-corrected chi connectivity index (χ3v) is 5.28. The summed E-state index contributed by atoms with van der Waals surface area (Å²) in [6, 6.07) is 10.6. The smallest absolute Gasteiger partial charge is 0.242 e. The second-order valence-electron chi connectivity index (χ2n) is 5.27. The summed E-state index contributed by atoms with van der Waals surface area (Å²) in [6.07, 6.45) is 0. The van der Waals surface area contributed by atoms with Crippen molar-refractivity contribution in [3.05, 3.63) is 53.8 Å². The van der Waals surface area contributed by atoms with E-state index in [1.165, 1.54) is 32.3 Å².